The molecule has 0 aliphatic heterocycles. The molecule has 1 aliphatic rings. The normalized spacial score (nSPS) is 22.9. The molecule has 0 heterocycles. The number of phenolic OH excluding ortho intramolecular Hbond substituents is 1. The maximum absolute atomic E-state index is 9.50. The van der Waals surface area contributed by atoms with Crippen LogP contribution in [0.2, 0.25) is 0 Å². The number of methoxy groups -OCH3 is 2. The minimum absolute atomic E-state index is 0.263. The third-order valence-corrected chi connectivity index (χ3v) is 6.19. The molecule has 0 aromatic heterocycles. The summed E-state index contributed by atoms with van der Waals surface area (Å²) in [6.07, 6.45) is 8.20. The van der Waals surface area contributed by atoms with Crippen LogP contribution in [-0.4, -0.2) is 19.3 Å². The predicted octanol–water partition coefficient (Wildman–Crippen LogP) is 6.33. The van der Waals surface area contributed by atoms with Crippen LogP contribution in [0.4, 0.5) is 0 Å². The van der Waals surface area contributed by atoms with Crippen LogP contribution in [0.25, 0.3) is 11.1 Å². The van der Waals surface area contributed by atoms with Crippen molar-refractivity contribution in [3.63, 3.8) is 0 Å². The lowest BCUT2D eigenvalue weighted by molar-refractivity contribution is 0.0421. The van der Waals surface area contributed by atoms with E-state index < -0.39 is 11.2 Å². The number of hydrogen-bond acceptors (Lipinski definition) is 3. The molecule has 0 saturated heterocycles. The van der Waals surface area contributed by atoms with Gasteiger partial charge in [-0.3, -0.25) is 0 Å². The smallest absolute Gasteiger partial charge is 0.129 e. The zero-order valence-electron chi connectivity index (χ0n) is 16.9. The number of phenols is 1. The monoisotopic (exact) mass is 462 g/mol. The Hall–Kier alpha value is -2.66. The molecule has 0 saturated carbocycles. The molecule has 0 fully saturated rings. The lowest BCUT2D eigenvalue weighted by atomic mass is 9.81. The van der Waals surface area contributed by atoms with E-state index in [1.54, 1.807) is 26.4 Å². The van der Waals surface area contributed by atoms with Gasteiger partial charge in [0.15, 0.2) is 0 Å². The van der Waals surface area contributed by atoms with Crippen LogP contribution in [0.15, 0.2) is 102 Å². The number of rotatable bonds is 5. The van der Waals surface area contributed by atoms with Gasteiger partial charge in [-0.1, -0.05) is 64.5 Å². The number of ether oxygens (including phenoxy) is 2. The Morgan fingerprint density at radius 3 is 1.37 bits per heavy atom. The minimum Gasteiger partial charge on any atom is -0.508 e. The Kier molecular flexibility index (Phi) is 5.65. The first-order valence-corrected chi connectivity index (χ1v) is 10.5. The van der Waals surface area contributed by atoms with Gasteiger partial charge < -0.3 is 14.6 Å². The lowest BCUT2D eigenvalue weighted by Crippen LogP contribution is -2.33. The van der Waals surface area contributed by atoms with Crippen LogP contribution in [0.3, 0.4) is 0 Å². The van der Waals surface area contributed by atoms with Gasteiger partial charge in [0, 0.05) is 18.7 Å². The summed E-state index contributed by atoms with van der Waals surface area (Å²) < 4.78 is 12.9. The van der Waals surface area contributed by atoms with E-state index in [0.717, 1.165) is 26.7 Å². The van der Waals surface area contributed by atoms with E-state index in [4.69, 9.17) is 9.47 Å². The SMILES string of the molecule is COC1(c2ccc(Br)cc2)C=CC(OC)(c2ccc(-c3ccc(O)cc3)cc2)C=C1. The lowest BCUT2D eigenvalue weighted by Gasteiger charge is -2.36. The van der Waals surface area contributed by atoms with Crippen LogP contribution in [0, 0.1) is 0 Å². The van der Waals surface area contributed by atoms with Gasteiger partial charge >= 0.3 is 0 Å². The highest BCUT2D eigenvalue weighted by Crippen LogP contribution is 2.40. The van der Waals surface area contributed by atoms with Gasteiger partial charge in [0.05, 0.1) is 0 Å². The van der Waals surface area contributed by atoms with Gasteiger partial charge in [0.1, 0.15) is 17.0 Å². The second kappa shape index (κ2) is 8.23. The van der Waals surface area contributed by atoms with E-state index in [2.05, 4.69) is 52.3 Å². The highest BCUT2D eigenvalue weighted by molar-refractivity contribution is 9.10. The van der Waals surface area contributed by atoms with E-state index >= 15 is 0 Å². The van der Waals surface area contributed by atoms with Gasteiger partial charge in [0.25, 0.3) is 0 Å². The summed E-state index contributed by atoms with van der Waals surface area (Å²) >= 11 is 3.49. The molecule has 0 spiro atoms. The van der Waals surface area contributed by atoms with Gasteiger partial charge in [0.2, 0.25) is 0 Å². The van der Waals surface area contributed by atoms with Gasteiger partial charge in [-0.05, 0) is 70.8 Å². The predicted molar refractivity (Wildman–Crippen MR) is 123 cm³/mol. The highest BCUT2D eigenvalue weighted by Gasteiger charge is 2.36. The van der Waals surface area contributed by atoms with E-state index in [-0.39, 0.29) is 5.75 Å². The van der Waals surface area contributed by atoms with Crippen LogP contribution < -0.4 is 0 Å². The zero-order chi connectivity index (χ0) is 21.2. The molecule has 1 N–H and O–H groups in total. The molecule has 3 aromatic carbocycles. The molecule has 3 aromatic rings. The summed E-state index contributed by atoms with van der Waals surface area (Å²) in [5, 5.41) is 9.50. The fraction of sp³-hybridized carbons (Fsp3) is 0.154. The fourth-order valence-corrected chi connectivity index (χ4v) is 4.05. The molecule has 0 bridgehead atoms. The van der Waals surface area contributed by atoms with E-state index in [1.807, 2.05) is 48.6 Å². The Morgan fingerprint density at radius 2 is 0.967 bits per heavy atom. The van der Waals surface area contributed by atoms with Gasteiger partial charge in [-0.25, -0.2) is 0 Å². The third-order valence-electron chi connectivity index (χ3n) is 5.66. The molecule has 0 atom stereocenters. The van der Waals surface area contributed by atoms with Crippen molar-refractivity contribution in [3.8, 4) is 16.9 Å². The molecule has 4 rings (SSSR count). The van der Waals surface area contributed by atoms with E-state index in [1.165, 1.54) is 0 Å². The second-order valence-corrected chi connectivity index (χ2v) is 8.21. The molecule has 0 unspecified atom stereocenters. The average Bonchev–Trinajstić information content (AvgIpc) is 2.80. The third kappa shape index (κ3) is 3.74. The van der Waals surface area contributed by atoms with Crippen molar-refractivity contribution in [2.75, 3.05) is 14.2 Å². The Balaban J connectivity index is 1.65. The van der Waals surface area contributed by atoms with Crippen LogP contribution in [0.1, 0.15) is 11.1 Å². The summed E-state index contributed by atoms with van der Waals surface area (Å²) in [6.45, 7) is 0. The highest BCUT2D eigenvalue weighted by atomic mass is 79.9. The van der Waals surface area contributed by atoms with Crippen molar-refractivity contribution in [2.45, 2.75) is 11.2 Å². The Bertz CT molecular complexity index is 1050. The maximum atomic E-state index is 9.50. The first-order chi connectivity index (χ1) is 14.5. The summed E-state index contributed by atoms with van der Waals surface area (Å²) in [4.78, 5) is 0. The molecule has 3 nitrogen and oxygen atoms in total. The van der Waals surface area contributed by atoms with E-state index in [9.17, 15) is 5.11 Å². The molecule has 0 radical (unpaired) electrons. The fourth-order valence-electron chi connectivity index (χ4n) is 3.79. The molecule has 1 aliphatic carbocycles. The van der Waals surface area contributed by atoms with Gasteiger partial charge in [-0.2, -0.15) is 0 Å². The topological polar surface area (TPSA) is 38.7 Å². The number of halogens is 1. The quantitative estimate of drug-likeness (QED) is 0.450. The van der Waals surface area contributed by atoms with Crippen LogP contribution in [0.5, 0.6) is 5.75 Å². The van der Waals surface area contributed by atoms with E-state index in [0.29, 0.717) is 0 Å². The summed E-state index contributed by atoms with van der Waals surface area (Å²) in [7, 11) is 3.42. The van der Waals surface area contributed by atoms with Crippen LogP contribution in [-0.2, 0) is 20.7 Å². The largest absolute Gasteiger partial charge is 0.508 e. The van der Waals surface area contributed by atoms with Crippen molar-refractivity contribution in [2.24, 2.45) is 0 Å². The van der Waals surface area contributed by atoms with Crippen LogP contribution >= 0.6 is 15.9 Å². The molecule has 30 heavy (non-hydrogen) atoms. The molecule has 152 valence electrons. The zero-order valence-corrected chi connectivity index (χ0v) is 18.5. The number of benzene rings is 3. The molecule has 4 heteroatoms. The molecule has 0 amide bonds. The van der Waals surface area contributed by atoms with Crippen molar-refractivity contribution in [1.29, 1.82) is 0 Å². The second-order valence-electron chi connectivity index (χ2n) is 7.29. The first-order valence-electron chi connectivity index (χ1n) is 9.67. The minimum atomic E-state index is -0.662. The summed E-state index contributed by atoms with van der Waals surface area (Å²) in [6, 6.07) is 23.6. The summed E-state index contributed by atoms with van der Waals surface area (Å²) in [5.41, 5.74) is 2.91. The average molecular weight is 463 g/mol. The summed E-state index contributed by atoms with van der Waals surface area (Å²) in [5.74, 6) is 0.263. The van der Waals surface area contributed by atoms with Gasteiger partial charge in [-0.15, -0.1) is 0 Å². The molecular weight excluding hydrogens is 440 g/mol. The first kappa shape index (κ1) is 20.6. The van der Waals surface area contributed by atoms with Crippen molar-refractivity contribution >= 4 is 15.9 Å². The Morgan fingerprint density at radius 1 is 0.600 bits per heavy atom. The number of hydrogen-bond donors (Lipinski definition) is 1. The molecular formula is C26H23BrO3. The maximum Gasteiger partial charge on any atom is 0.129 e. The standard InChI is InChI=1S/C26H23BrO3/c1-29-25(21-7-3-19(4-8-21)20-5-13-24(28)14-6-20)15-17-26(30-2,18-16-25)22-9-11-23(27)12-10-22/h3-18,28H,1-2H3. The number of aromatic hydroxyl groups is 1. The van der Waals surface area contributed by atoms with Crippen molar-refractivity contribution in [1.82, 2.24) is 0 Å². The van der Waals surface area contributed by atoms with Crippen molar-refractivity contribution in [3.05, 3.63) is 113 Å². The van der Waals surface area contributed by atoms with Crippen molar-refractivity contribution < 1.29 is 14.6 Å². The Labute approximate surface area is 185 Å².